The molecule has 10 heteroatoms. The van der Waals surface area contributed by atoms with Crippen molar-refractivity contribution < 1.29 is 9.13 Å². The highest BCUT2D eigenvalue weighted by molar-refractivity contribution is 5.93. The van der Waals surface area contributed by atoms with Crippen LogP contribution in [0, 0.1) is 5.82 Å². The summed E-state index contributed by atoms with van der Waals surface area (Å²) in [6, 6.07) is 11.5. The number of nitrogens with one attached hydrogen (secondary N) is 1. The lowest BCUT2D eigenvalue weighted by Crippen LogP contribution is -2.11. The zero-order valence-electron chi connectivity index (χ0n) is 16.2. The van der Waals surface area contributed by atoms with E-state index in [9.17, 15) is 9.18 Å². The fraction of sp³-hybridized carbons (Fsp3) is 0.0476. The van der Waals surface area contributed by atoms with E-state index < -0.39 is 11.4 Å². The van der Waals surface area contributed by atoms with Crippen LogP contribution in [0.2, 0.25) is 0 Å². The van der Waals surface area contributed by atoms with Crippen molar-refractivity contribution in [1.82, 2.24) is 29.5 Å². The van der Waals surface area contributed by atoms with Gasteiger partial charge >= 0.3 is 0 Å². The molecule has 0 radical (unpaired) electrons. The zero-order chi connectivity index (χ0) is 21.4. The van der Waals surface area contributed by atoms with Gasteiger partial charge in [-0.15, -0.1) is 5.10 Å². The molecule has 0 saturated carbocycles. The standard InChI is InChI=1S/C21H14FN7O2/c1-31-14-5-2-12(3-6-14)18-27-19-15-7-4-13(22)10-16(15)25-21(29(19)28-18)26-17-11-23-8-9-24-20(17)30/h2-11H,1H3,(H,24,25,26,30). The Morgan fingerprint density at radius 1 is 1.06 bits per heavy atom. The Bertz CT molecular complexity index is 1490. The maximum absolute atomic E-state index is 13.9. The molecule has 0 amide bonds. The van der Waals surface area contributed by atoms with Gasteiger partial charge in [-0.2, -0.15) is 4.52 Å². The van der Waals surface area contributed by atoms with Crippen LogP contribution < -0.4 is 15.6 Å². The number of anilines is 2. The molecule has 3 aromatic heterocycles. The lowest BCUT2D eigenvalue weighted by Gasteiger charge is -2.07. The van der Waals surface area contributed by atoms with Gasteiger partial charge in [-0.3, -0.25) is 9.78 Å². The van der Waals surface area contributed by atoms with E-state index in [0.29, 0.717) is 28.1 Å². The van der Waals surface area contributed by atoms with Crippen LogP contribution in [0.3, 0.4) is 0 Å². The van der Waals surface area contributed by atoms with Crippen molar-refractivity contribution in [2.24, 2.45) is 0 Å². The van der Waals surface area contributed by atoms with Crippen molar-refractivity contribution in [1.29, 1.82) is 0 Å². The van der Waals surface area contributed by atoms with E-state index in [1.165, 1.54) is 35.2 Å². The van der Waals surface area contributed by atoms with Gasteiger partial charge < -0.3 is 10.1 Å². The van der Waals surface area contributed by atoms with Crippen LogP contribution in [0.1, 0.15) is 0 Å². The Balaban J connectivity index is 1.73. The monoisotopic (exact) mass is 415 g/mol. The summed E-state index contributed by atoms with van der Waals surface area (Å²) in [6.45, 7) is 0. The van der Waals surface area contributed by atoms with Crippen molar-refractivity contribution in [2.45, 2.75) is 0 Å². The quantitative estimate of drug-likeness (QED) is 0.477. The van der Waals surface area contributed by atoms with Crippen LogP contribution >= 0.6 is 0 Å². The maximum Gasteiger partial charge on any atom is 0.295 e. The predicted molar refractivity (Wildman–Crippen MR) is 112 cm³/mol. The Kier molecular flexibility index (Phi) is 4.43. The van der Waals surface area contributed by atoms with Crippen LogP contribution in [0.15, 0.2) is 65.8 Å². The molecule has 0 unspecified atom stereocenters. The van der Waals surface area contributed by atoms with E-state index in [1.54, 1.807) is 25.3 Å². The first-order valence-electron chi connectivity index (χ1n) is 9.20. The highest BCUT2D eigenvalue weighted by Crippen LogP contribution is 2.26. The van der Waals surface area contributed by atoms with Crippen LogP contribution in [0.5, 0.6) is 5.75 Å². The average Bonchev–Trinajstić information content (AvgIpc) is 3.13. The maximum atomic E-state index is 13.9. The van der Waals surface area contributed by atoms with Crippen molar-refractivity contribution in [3.63, 3.8) is 0 Å². The number of halogens is 1. The Hall–Kier alpha value is -4.47. The van der Waals surface area contributed by atoms with Crippen LogP contribution in [0.25, 0.3) is 27.9 Å². The van der Waals surface area contributed by atoms with Gasteiger partial charge in [0.1, 0.15) is 17.3 Å². The number of methoxy groups -OCH3 is 1. The van der Waals surface area contributed by atoms with E-state index in [4.69, 9.17) is 4.74 Å². The highest BCUT2D eigenvalue weighted by Gasteiger charge is 2.16. The Morgan fingerprint density at radius 2 is 1.90 bits per heavy atom. The third-order valence-corrected chi connectivity index (χ3v) is 4.61. The summed E-state index contributed by atoms with van der Waals surface area (Å²) in [5, 5.41) is 8.06. The van der Waals surface area contributed by atoms with Gasteiger partial charge in [0.2, 0.25) is 5.95 Å². The first kappa shape index (κ1) is 18.6. The number of hydrogen-bond donors (Lipinski definition) is 1. The van der Waals surface area contributed by atoms with Gasteiger partial charge in [0.05, 0.1) is 18.8 Å². The summed E-state index contributed by atoms with van der Waals surface area (Å²) < 4.78 is 20.5. The Morgan fingerprint density at radius 3 is 2.71 bits per heavy atom. The number of hydrogen-bond acceptors (Lipinski definition) is 8. The van der Waals surface area contributed by atoms with E-state index in [0.717, 1.165) is 5.56 Å². The van der Waals surface area contributed by atoms with Crippen LogP contribution in [-0.2, 0) is 0 Å². The zero-order valence-corrected chi connectivity index (χ0v) is 16.2. The molecule has 0 aliphatic heterocycles. The van der Waals surface area contributed by atoms with Gasteiger partial charge in [0.15, 0.2) is 11.5 Å². The molecule has 152 valence electrons. The summed E-state index contributed by atoms with van der Waals surface area (Å²) in [4.78, 5) is 29.0. The molecule has 5 rings (SSSR count). The predicted octanol–water partition coefficient (Wildman–Crippen LogP) is 2.99. The minimum atomic E-state index is -0.526. The molecule has 0 fully saturated rings. The third kappa shape index (κ3) is 3.39. The van der Waals surface area contributed by atoms with Gasteiger partial charge in [-0.1, -0.05) is 0 Å². The molecule has 0 atom stereocenters. The minimum absolute atomic E-state index is 0.0936. The molecule has 0 bridgehead atoms. The molecular weight excluding hydrogens is 401 g/mol. The summed E-state index contributed by atoms with van der Waals surface area (Å²) in [5.74, 6) is 0.871. The largest absolute Gasteiger partial charge is 0.497 e. The SMILES string of the molecule is COc1ccc(-c2nc3c4ccc(F)cc4nc(Nc4cnccnc4=O)n3n2)cc1. The second-order valence-corrected chi connectivity index (χ2v) is 6.55. The normalized spacial score (nSPS) is 11.0. The smallest absolute Gasteiger partial charge is 0.295 e. The second kappa shape index (κ2) is 7.41. The van der Waals surface area contributed by atoms with Gasteiger partial charge in [-0.25, -0.2) is 19.3 Å². The molecule has 3 heterocycles. The second-order valence-electron chi connectivity index (χ2n) is 6.55. The van der Waals surface area contributed by atoms with Crippen LogP contribution in [0.4, 0.5) is 16.0 Å². The third-order valence-electron chi connectivity index (χ3n) is 4.61. The first-order valence-corrected chi connectivity index (χ1v) is 9.20. The fourth-order valence-electron chi connectivity index (χ4n) is 3.11. The molecular formula is C21H14FN7O2. The number of rotatable bonds is 4. The Labute approximate surface area is 174 Å². The minimum Gasteiger partial charge on any atom is -0.497 e. The summed E-state index contributed by atoms with van der Waals surface area (Å²) >= 11 is 0. The van der Waals surface area contributed by atoms with E-state index >= 15 is 0 Å². The van der Waals surface area contributed by atoms with Gasteiger partial charge in [-0.05, 0) is 36.4 Å². The molecule has 5 aromatic rings. The van der Waals surface area contributed by atoms with Crippen LogP contribution in [-0.4, -0.2) is 36.7 Å². The van der Waals surface area contributed by atoms with Crippen molar-refractivity contribution >= 4 is 28.2 Å². The van der Waals surface area contributed by atoms with E-state index in [1.807, 2.05) is 12.1 Å². The fourth-order valence-corrected chi connectivity index (χ4v) is 3.11. The highest BCUT2D eigenvalue weighted by atomic mass is 19.1. The lowest BCUT2D eigenvalue weighted by atomic mass is 10.2. The van der Waals surface area contributed by atoms with E-state index in [-0.39, 0.29) is 11.6 Å². The van der Waals surface area contributed by atoms with Crippen molar-refractivity contribution in [3.8, 4) is 17.1 Å². The molecule has 0 saturated heterocycles. The van der Waals surface area contributed by atoms with Crippen molar-refractivity contribution in [2.75, 3.05) is 12.4 Å². The molecule has 0 aliphatic rings. The number of nitrogens with zero attached hydrogens (tertiary/aromatic N) is 6. The first-order chi connectivity index (χ1) is 15.1. The topological polar surface area (TPSA) is 107 Å². The number of ether oxygens (including phenoxy) is 1. The molecule has 0 spiro atoms. The lowest BCUT2D eigenvalue weighted by molar-refractivity contribution is 0.415. The molecule has 31 heavy (non-hydrogen) atoms. The number of aromatic nitrogens is 6. The number of fused-ring (bicyclic) bond motifs is 3. The summed E-state index contributed by atoms with van der Waals surface area (Å²) in [7, 11) is 1.59. The molecule has 2 aromatic carbocycles. The van der Waals surface area contributed by atoms with Gasteiger partial charge in [0, 0.05) is 29.4 Å². The molecule has 9 nitrogen and oxygen atoms in total. The molecule has 0 aliphatic carbocycles. The average molecular weight is 415 g/mol. The summed E-state index contributed by atoms with van der Waals surface area (Å²) in [5.41, 5.74) is 1.13. The van der Waals surface area contributed by atoms with Crippen molar-refractivity contribution in [3.05, 3.63) is 77.2 Å². The van der Waals surface area contributed by atoms with E-state index in [2.05, 4.69) is 30.4 Å². The number of benzene rings is 2. The summed E-state index contributed by atoms with van der Waals surface area (Å²) in [6.07, 6.45) is 4.02. The molecule has 1 N–H and O–H groups in total. The van der Waals surface area contributed by atoms with Gasteiger partial charge in [0.25, 0.3) is 5.56 Å².